The summed E-state index contributed by atoms with van der Waals surface area (Å²) in [7, 11) is -0.484. The number of ether oxygens (including phenoxy) is 1. The van der Waals surface area contributed by atoms with Gasteiger partial charge in [-0.3, -0.25) is 14.9 Å². The van der Waals surface area contributed by atoms with Gasteiger partial charge in [0.15, 0.2) is 0 Å². The van der Waals surface area contributed by atoms with Gasteiger partial charge in [-0.25, -0.2) is 0 Å². The van der Waals surface area contributed by atoms with Crippen LogP contribution < -0.4 is 5.32 Å². The molecule has 0 bridgehead atoms. The average molecular weight is 249 g/mol. The maximum atomic E-state index is 10.3. The van der Waals surface area contributed by atoms with Gasteiger partial charge in [0.25, 0.3) is 0 Å². The Kier molecular flexibility index (Phi) is 11.4. The summed E-state index contributed by atoms with van der Waals surface area (Å²) in [6.07, 6.45) is 0. The van der Waals surface area contributed by atoms with Gasteiger partial charge in [0.1, 0.15) is 0 Å². The van der Waals surface area contributed by atoms with Gasteiger partial charge in [-0.1, -0.05) is 6.58 Å². The lowest BCUT2D eigenvalue weighted by atomic mass is 10.2. The summed E-state index contributed by atoms with van der Waals surface area (Å²) in [5, 5.41) is 26.4. The van der Waals surface area contributed by atoms with Crippen LogP contribution in [0, 0.1) is 0 Å². The Bertz CT molecular complexity index is 256. The van der Waals surface area contributed by atoms with E-state index in [0.29, 0.717) is 0 Å². The number of carbonyl (C=O) groups is 2. The molecule has 98 valence electrons. The van der Waals surface area contributed by atoms with E-state index in [9.17, 15) is 9.59 Å². The van der Waals surface area contributed by atoms with Gasteiger partial charge >= 0.3 is 19.3 Å². The van der Waals surface area contributed by atoms with Crippen LogP contribution in [0.25, 0.3) is 0 Å². The van der Waals surface area contributed by atoms with Crippen molar-refractivity contribution in [1.29, 1.82) is 0 Å². The van der Waals surface area contributed by atoms with Crippen LogP contribution in [0.1, 0.15) is 6.92 Å². The molecule has 17 heavy (non-hydrogen) atoms. The van der Waals surface area contributed by atoms with Crippen molar-refractivity contribution in [3.63, 3.8) is 0 Å². The molecule has 0 spiro atoms. The van der Waals surface area contributed by atoms with Crippen LogP contribution >= 0.6 is 0 Å². The molecular weight excluding hydrogens is 233 g/mol. The summed E-state index contributed by atoms with van der Waals surface area (Å²) in [5.41, 5.74) is 0. The van der Waals surface area contributed by atoms with Gasteiger partial charge in [-0.2, -0.15) is 0 Å². The van der Waals surface area contributed by atoms with Crippen LogP contribution in [0.2, 0.25) is 0 Å². The van der Waals surface area contributed by atoms with Crippen molar-refractivity contribution in [1.82, 2.24) is 5.32 Å². The van der Waals surface area contributed by atoms with Crippen LogP contribution in [-0.4, -0.2) is 54.6 Å². The number of esters is 1. The first-order valence-corrected chi connectivity index (χ1v) is 4.47. The first-order chi connectivity index (χ1) is 7.79. The molecule has 0 heterocycles. The SMILES string of the molecule is C=C(C)OB(O)O.COC(=O)CNCC(=O)O. The van der Waals surface area contributed by atoms with Gasteiger partial charge in [0.2, 0.25) is 0 Å². The van der Waals surface area contributed by atoms with Crippen LogP contribution in [-0.2, 0) is 19.0 Å². The lowest BCUT2D eigenvalue weighted by Gasteiger charge is -1.99. The molecule has 4 N–H and O–H groups in total. The molecule has 0 amide bonds. The van der Waals surface area contributed by atoms with Crippen LogP contribution in [0.4, 0.5) is 0 Å². The molecule has 0 fully saturated rings. The first-order valence-electron chi connectivity index (χ1n) is 4.47. The second kappa shape index (κ2) is 10.9. The molecule has 0 aromatic carbocycles. The molecule has 0 aromatic rings. The Morgan fingerprint density at radius 2 is 1.88 bits per heavy atom. The van der Waals surface area contributed by atoms with E-state index >= 15 is 0 Å². The number of carboxylic acid groups (broad SMARTS) is 1. The van der Waals surface area contributed by atoms with Gasteiger partial charge in [0, 0.05) is 0 Å². The molecule has 8 nitrogen and oxygen atoms in total. The van der Waals surface area contributed by atoms with Crippen LogP contribution in [0.5, 0.6) is 0 Å². The van der Waals surface area contributed by atoms with Crippen molar-refractivity contribution in [2.45, 2.75) is 6.92 Å². The first kappa shape index (κ1) is 17.8. The molecule has 0 saturated carbocycles. The molecule has 0 aromatic heterocycles. The molecule has 0 aliphatic carbocycles. The highest BCUT2D eigenvalue weighted by Crippen LogP contribution is 1.87. The Morgan fingerprint density at radius 1 is 1.35 bits per heavy atom. The third kappa shape index (κ3) is 20.5. The van der Waals surface area contributed by atoms with E-state index in [1.165, 1.54) is 14.0 Å². The van der Waals surface area contributed by atoms with Crippen molar-refractivity contribution in [3.05, 3.63) is 12.3 Å². The van der Waals surface area contributed by atoms with Crippen LogP contribution in [0.3, 0.4) is 0 Å². The third-order valence-electron chi connectivity index (χ3n) is 1.08. The average Bonchev–Trinajstić information content (AvgIpc) is 2.15. The number of methoxy groups -OCH3 is 1. The summed E-state index contributed by atoms with van der Waals surface area (Å²) >= 11 is 0. The number of allylic oxidation sites excluding steroid dienone is 1. The zero-order chi connectivity index (χ0) is 13.8. The van der Waals surface area contributed by atoms with Gasteiger partial charge in [0.05, 0.1) is 26.0 Å². The van der Waals surface area contributed by atoms with Crippen molar-refractivity contribution in [2.75, 3.05) is 20.2 Å². The van der Waals surface area contributed by atoms with E-state index in [0.717, 1.165) is 0 Å². The predicted octanol–water partition coefficient (Wildman–Crippen LogP) is -1.66. The summed E-state index contributed by atoms with van der Waals surface area (Å²) < 4.78 is 8.40. The summed E-state index contributed by atoms with van der Waals surface area (Å²) in [5.74, 6) is -1.18. The molecular formula is C8H16BNO7. The number of nitrogens with one attached hydrogen (secondary N) is 1. The molecule has 0 saturated heterocycles. The minimum Gasteiger partial charge on any atom is -0.516 e. The second-order valence-corrected chi connectivity index (χ2v) is 2.72. The number of hydrogen-bond donors (Lipinski definition) is 4. The minimum absolute atomic E-state index is 0.0667. The Hall–Kier alpha value is -1.58. The van der Waals surface area contributed by atoms with E-state index in [-0.39, 0.29) is 18.8 Å². The molecule has 9 heteroatoms. The fourth-order valence-electron chi connectivity index (χ4n) is 0.524. The quantitative estimate of drug-likeness (QED) is 0.250. The number of aliphatic carboxylic acids is 1. The highest BCUT2D eigenvalue weighted by molar-refractivity contribution is 6.33. The maximum absolute atomic E-state index is 10.3. The summed E-state index contributed by atoms with van der Waals surface area (Å²) in [6, 6.07) is 0. The molecule has 0 rings (SSSR count). The Labute approximate surface area is 99.0 Å². The van der Waals surface area contributed by atoms with Crippen molar-refractivity contribution in [2.24, 2.45) is 0 Å². The van der Waals surface area contributed by atoms with Gasteiger partial charge in [-0.05, 0) is 6.92 Å². The number of carbonyl (C=O) groups excluding carboxylic acids is 1. The van der Waals surface area contributed by atoms with E-state index in [1.54, 1.807) is 0 Å². The fraction of sp³-hybridized carbons (Fsp3) is 0.500. The van der Waals surface area contributed by atoms with Crippen molar-refractivity contribution >= 4 is 19.3 Å². The fourth-order valence-corrected chi connectivity index (χ4v) is 0.524. The number of hydrogen-bond acceptors (Lipinski definition) is 7. The van der Waals surface area contributed by atoms with E-state index in [1.807, 2.05) is 0 Å². The molecule has 0 radical (unpaired) electrons. The second-order valence-electron chi connectivity index (χ2n) is 2.72. The third-order valence-corrected chi connectivity index (χ3v) is 1.08. The highest BCUT2D eigenvalue weighted by atomic mass is 16.6. The highest BCUT2D eigenvalue weighted by Gasteiger charge is 2.07. The lowest BCUT2D eigenvalue weighted by Crippen LogP contribution is -2.28. The maximum Gasteiger partial charge on any atom is 0.707 e. The van der Waals surface area contributed by atoms with Gasteiger partial charge < -0.3 is 24.5 Å². The van der Waals surface area contributed by atoms with E-state index in [2.05, 4.69) is 21.3 Å². The zero-order valence-corrected chi connectivity index (χ0v) is 9.67. The standard InChI is InChI=1S/C5H9NO4.C3H7BO3/c1-10-5(9)3-6-2-4(7)8;1-3(2)7-4(5)6/h6H,2-3H2,1H3,(H,7,8);5-6H,1H2,2H3. The smallest absolute Gasteiger partial charge is 0.516 e. The van der Waals surface area contributed by atoms with E-state index < -0.39 is 19.3 Å². The molecule has 0 aliphatic heterocycles. The zero-order valence-electron chi connectivity index (χ0n) is 9.67. The monoisotopic (exact) mass is 249 g/mol. The number of carboxylic acids is 1. The number of rotatable bonds is 6. The normalized spacial score (nSPS) is 8.47. The van der Waals surface area contributed by atoms with Crippen molar-refractivity contribution < 1.29 is 34.1 Å². The van der Waals surface area contributed by atoms with E-state index in [4.69, 9.17) is 15.2 Å². The lowest BCUT2D eigenvalue weighted by molar-refractivity contribution is -0.140. The predicted molar refractivity (Wildman–Crippen MR) is 58.6 cm³/mol. The van der Waals surface area contributed by atoms with Crippen molar-refractivity contribution in [3.8, 4) is 0 Å². The Morgan fingerprint density at radius 3 is 2.12 bits per heavy atom. The minimum atomic E-state index is -1.72. The van der Waals surface area contributed by atoms with Gasteiger partial charge in [-0.15, -0.1) is 0 Å². The topological polar surface area (TPSA) is 125 Å². The summed E-state index contributed by atoms with van der Waals surface area (Å²) in [4.78, 5) is 20.2. The molecule has 0 atom stereocenters. The summed E-state index contributed by atoms with van der Waals surface area (Å²) in [6.45, 7) is 4.49. The Balaban J connectivity index is 0. The molecule has 0 aliphatic rings. The molecule has 0 unspecified atom stereocenters. The van der Waals surface area contributed by atoms with Crippen LogP contribution in [0.15, 0.2) is 12.3 Å². The largest absolute Gasteiger partial charge is 0.707 e.